The highest BCUT2D eigenvalue weighted by atomic mass is 16.4. The van der Waals surface area contributed by atoms with Crippen LogP contribution in [-0.4, -0.2) is 23.5 Å². The second kappa shape index (κ2) is 4.56. The quantitative estimate of drug-likeness (QED) is 0.677. The van der Waals surface area contributed by atoms with Crippen molar-refractivity contribution in [3.05, 3.63) is 29.3 Å². The van der Waals surface area contributed by atoms with E-state index in [2.05, 4.69) is 5.32 Å². The van der Waals surface area contributed by atoms with Gasteiger partial charge in [0.25, 0.3) is 0 Å². The van der Waals surface area contributed by atoms with Gasteiger partial charge in [-0.15, -0.1) is 0 Å². The van der Waals surface area contributed by atoms with Crippen molar-refractivity contribution in [3.63, 3.8) is 0 Å². The number of benzene rings is 1. The molecule has 15 heavy (non-hydrogen) atoms. The van der Waals surface area contributed by atoms with E-state index in [4.69, 9.17) is 10.8 Å². The van der Waals surface area contributed by atoms with Crippen molar-refractivity contribution < 1.29 is 14.7 Å². The Morgan fingerprint density at radius 3 is 2.67 bits per heavy atom. The van der Waals surface area contributed by atoms with Gasteiger partial charge in [0.15, 0.2) is 0 Å². The third-order valence-corrected chi connectivity index (χ3v) is 1.94. The first-order valence-corrected chi connectivity index (χ1v) is 4.38. The molecule has 0 aromatic heterocycles. The SMILES string of the molecule is Cc1ccc(NC(=O)CN)cc1C(=O)O. The molecule has 0 bridgehead atoms. The minimum Gasteiger partial charge on any atom is -0.478 e. The summed E-state index contributed by atoms with van der Waals surface area (Å²) in [5.41, 5.74) is 6.38. The molecule has 1 rings (SSSR count). The Balaban J connectivity index is 2.97. The standard InChI is InChI=1S/C10H12N2O3/c1-6-2-3-7(12-9(13)5-11)4-8(6)10(14)15/h2-4H,5,11H2,1H3,(H,12,13)(H,14,15). The number of carboxylic acids is 1. The molecule has 80 valence electrons. The molecule has 1 aromatic carbocycles. The molecule has 0 radical (unpaired) electrons. The number of aryl methyl sites for hydroxylation is 1. The molecule has 1 amide bonds. The summed E-state index contributed by atoms with van der Waals surface area (Å²) in [7, 11) is 0. The number of carboxylic acid groups (broad SMARTS) is 1. The van der Waals surface area contributed by atoms with Gasteiger partial charge in [-0.1, -0.05) is 6.07 Å². The molecular weight excluding hydrogens is 196 g/mol. The molecule has 0 aliphatic rings. The highest BCUT2D eigenvalue weighted by molar-refractivity contribution is 5.95. The lowest BCUT2D eigenvalue weighted by atomic mass is 10.1. The summed E-state index contributed by atoms with van der Waals surface area (Å²) in [5.74, 6) is -1.37. The second-order valence-corrected chi connectivity index (χ2v) is 3.09. The first kappa shape index (κ1) is 11.2. The number of aromatic carboxylic acids is 1. The number of carbonyl (C=O) groups is 2. The zero-order chi connectivity index (χ0) is 11.4. The van der Waals surface area contributed by atoms with Crippen molar-refractivity contribution in [2.45, 2.75) is 6.92 Å². The van der Waals surface area contributed by atoms with Gasteiger partial charge in [0.2, 0.25) is 5.91 Å². The predicted octanol–water partition coefficient (Wildman–Crippen LogP) is 0.590. The Bertz CT molecular complexity index is 402. The molecule has 0 fully saturated rings. The van der Waals surface area contributed by atoms with E-state index in [1.807, 2.05) is 0 Å². The number of anilines is 1. The van der Waals surface area contributed by atoms with Crippen molar-refractivity contribution in [1.82, 2.24) is 0 Å². The van der Waals surface area contributed by atoms with E-state index in [0.29, 0.717) is 11.3 Å². The van der Waals surface area contributed by atoms with Crippen molar-refractivity contribution in [2.24, 2.45) is 5.73 Å². The fourth-order valence-corrected chi connectivity index (χ4v) is 1.14. The molecule has 5 nitrogen and oxygen atoms in total. The van der Waals surface area contributed by atoms with Crippen LogP contribution in [0.3, 0.4) is 0 Å². The summed E-state index contributed by atoms with van der Waals surface area (Å²) in [5, 5.41) is 11.3. The fourth-order valence-electron chi connectivity index (χ4n) is 1.14. The average Bonchev–Trinajstić information content (AvgIpc) is 2.20. The lowest BCUT2D eigenvalue weighted by Crippen LogP contribution is -2.22. The van der Waals surface area contributed by atoms with E-state index in [0.717, 1.165) is 0 Å². The van der Waals surface area contributed by atoms with E-state index < -0.39 is 5.97 Å². The summed E-state index contributed by atoms with van der Waals surface area (Å²) in [4.78, 5) is 21.8. The van der Waals surface area contributed by atoms with E-state index in [1.54, 1.807) is 19.1 Å². The monoisotopic (exact) mass is 208 g/mol. The van der Waals surface area contributed by atoms with Crippen LogP contribution in [0.4, 0.5) is 5.69 Å². The van der Waals surface area contributed by atoms with Crippen molar-refractivity contribution in [1.29, 1.82) is 0 Å². The van der Waals surface area contributed by atoms with Gasteiger partial charge < -0.3 is 16.2 Å². The lowest BCUT2D eigenvalue weighted by Gasteiger charge is -2.06. The number of nitrogens with one attached hydrogen (secondary N) is 1. The first-order chi connectivity index (χ1) is 7.04. The van der Waals surface area contributed by atoms with Crippen molar-refractivity contribution in [3.8, 4) is 0 Å². The van der Waals surface area contributed by atoms with Crippen LogP contribution in [0.2, 0.25) is 0 Å². The molecule has 0 saturated carbocycles. The summed E-state index contributed by atoms with van der Waals surface area (Å²) < 4.78 is 0. The molecule has 0 heterocycles. The normalized spacial score (nSPS) is 9.73. The molecule has 5 heteroatoms. The van der Waals surface area contributed by atoms with Gasteiger partial charge in [-0.3, -0.25) is 4.79 Å². The third-order valence-electron chi connectivity index (χ3n) is 1.94. The number of hydrogen-bond donors (Lipinski definition) is 3. The third kappa shape index (κ3) is 2.78. The number of carbonyl (C=O) groups excluding carboxylic acids is 1. The van der Waals surface area contributed by atoms with Crippen LogP contribution in [-0.2, 0) is 4.79 Å². The Morgan fingerprint density at radius 1 is 1.47 bits per heavy atom. The van der Waals surface area contributed by atoms with Gasteiger partial charge in [-0.2, -0.15) is 0 Å². The Labute approximate surface area is 86.9 Å². The lowest BCUT2D eigenvalue weighted by molar-refractivity contribution is -0.114. The van der Waals surface area contributed by atoms with Gasteiger partial charge in [0, 0.05) is 5.69 Å². The zero-order valence-electron chi connectivity index (χ0n) is 8.28. The van der Waals surface area contributed by atoms with Gasteiger partial charge in [-0.05, 0) is 24.6 Å². The number of rotatable bonds is 3. The van der Waals surface area contributed by atoms with Crippen LogP contribution < -0.4 is 11.1 Å². The summed E-state index contributed by atoms with van der Waals surface area (Å²) in [6.07, 6.45) is 0. The summed E-state index contributed by atoms with van der Waals surface area (Å²) in [6, 6.07) is 4.68. The van der Waals surface area contributed by atoms with E-state index in [1.165, 1.54) is 6.07 Å². The van der Waals surface area contributed by atoms with Crippen LogP contribution in [0.1, 0.15) is 15.9 Å². The van der Waals surface area contributed by atoms with Gasteiger partial charge in [0.1, 0.15) is 0 Å². The Hall–Kier alpha value is -1.88. The zero-order valence-corrected chi connectivity index (χ0v) is 8.28. The average molecular weight is 208 g/mol. The van der Waals surface area contributed by atoms with Gasteiger partial charge in [0.05, 0.1) is 12.1 Å². The van der Waals surface area contributed by atoms with Crippen LogP contribution in [0, 0.1) is 6.92 Å². The summed E-state index contributed by atoms with van der Waals surface area (Å²) >= 11 is 0. The van der Waals surface area contributed by atoms with Crippen LogP contribution >= 0.6 is 0 Å². The van der Waals surface area contributed by atoms with Crippen molar-refractivity contribution in [2.75, 3.05) is 11.9 Å². The molecular formula is C10H12N2O3. The first-order valence-electron chi connectivity index (χ1n) is 4.38. The summed E-state index contributed by atoms with van der Waals surface area (Å²) in [6.45, 7) is 1.56. The molecule has 0 saturated heterocycles. The molecule has 0 unspecified atom stereocenters. The van der Waals surface area contributed by atoms with Crippen LogP contribution in [0.15, 0.2) is 18.2 Å². The van der Waals surface area contributed by atoms with Gasteiger partial charge in [-0.25, -0.2) is 4.79 Å². The van der Waals surface area contributed by atoms with Crippen LogP contribution in [0.5, 0.6) is 0 Å². The maximum absolute atomic E-state index is 11.0. The second-order valence-electron chi connectivity index (χ2n) is 3.09. The minimum absolute atomic E-state index is 0.129. The molecule has 0 spiro atoms. The van der Waals surface area contributed by atoms with E-state index in [-0.39, 0.29) is 18.0 Å². The Morgan fingerprint density at radius 2 is 2.13 bits per heavy atom. The smallest absolute Gasteiger partial charge is 0.336 e. The molecule has 0 atom stereocenters. The Kier molecular flexibility index (Phi) is 3.41. The van der Waals surface area contributed by atoms with Crippen molar-refractivity contribution >= 4 is 17.6 Å². The topological polar surface area (TPSA) is 92.4 Å². The largest absolute Gasteiger partial charge is 0.478 e. The highest BCUT2D eigenvalue weighted by Crippen LogP contribution is 2.15. The molecule has 1 aromatic rings. The predicted molar refractivity (Wildman–Crippen MR) is 55.8 cm³/mol. The van der Waals surface area contributed by atoms with E-state index in [9.17, 15) is 9.59 Å². The van der Waals surface area contributed by atoms with Gasteiger partial charge >= 0.3 is 5.97 Å². The minimum atomic E-state index is -1.02. The fraction of sp³-hybridized carbons (Fsp3) is 0.200. The number of hydrogen-bond acceptors (Lipinski definition) is 3. The highest BCUT2D eigenvalue weighted by Gasteiger charge is 2.08. The molecule has 0 aliphatic heterocycles. The molecule has 0 aliphatic carbocycles. The molecule has 4 N–H and O–H groups in total. The number of nitrogens with two attached hydrogens (primary N) is 1. The maximum atomic E-state index is 11.0. The van der Waals surface area contributed by atoms with Crippen LogP contribution in [0.25, 0.3) is 0 Å². The maximum Gasteiger partial charge on any atom is 0.336 e. The number of amides is 1. The van der Waals surface area contributed by atoms with E-state index >= 15 is 0 Å².